The Hall–Kier alpha value is -2.35. The van der Waals surface area contributed by atoms with Gasteiger partial charge in [-0.15, -0.1) is 0 Å². The second-order valence-electron chi connectivity index (χ2n) is 8.26. The molecular weight excluding hydrogens is 330 g/mol. The van der Waals surface area contributed by atoms with Gasteiger partial charge in [0.15, 0.2) is 5.78 Å². The first kappa shape index (κ1) is 18.0. The lowest BCUT2D eigenvalue weighted by atomic mass is 9.68. The summed E-state index contributed by atoms with van der Waals surface area (Å²) in [6.07, 6.45) is 7.42. The van der Waals surface area contributed by atoms with Crippen LogP contribution in [-0.2, 0) is 6.42 Å². The maximum Gasteiger partial charge on any atom is 0.162 e. The predicted octanol–water partition coefficient (Wildman–Crippen LogP) is 6.28. The van der Waals surface area contributed by atoms with E-state index in [0.717, 1.165) is 24.1 Å². The molecule has 1 fully saturated rings. The molecule has 2 nitrogen and oxygen atoms in total. The van der Waals surface area contributed by atoms with Crippen LogP contribution in [0.4, 0.5) is 5.69 Å². The third kappa shape index (κ3) is 3.45. The predicted molar refractivity (Wildman–Crippen MR) is 113 cm³/mol. The summed E-state index contributed by atoms with van der Waals surface area (Å²) in [6.45, 7) is 6.51. The van der Waals surface area contributed by atoms with Crippen LogP contribution in [-0.4, -0.2) is 11.8 Å². The molecule has 0 aliphatic heterocycles. The number of ketones is 1. The fourth-order valence-electron chi connectivity index (χ4n) is 4.88. The number of anilines is 1. The highest BCUT2D eigenvalue weighted by atomic mass is 16.1. The van der Waals surface area contributed by atoms with Gasteiger partial charge in [0.25, 0.3) is 0 Å². The number of allylic oxidation sites excluding steroid dienone is 1. The molecule has 0 amide bonds. The van der Waals surface area contributed by atoms with Gasteiger partial charge < -0.3 is 5.32 Å². The first-order chi connectivity index (χ1) is 13.1. The van der Waals surface area contributed by atoms with E-state index in [2.05, 4.69) is 48.3 Å². The molecule has 0 bridgehead atoms. The molecule has 2 aromatic rings. The van der Waals surface area contributed by atoms with Gasteiger partial charge in [0.05, 0.1) is 0 Å². The minimum absolute atomic E-state index is 0.239. The van der Waals surface area contributed by atoms with E-state index in [-0.39, 0.29) is 11.2 Å². The van der Waals surface area contributed by atoms with E-state index in [1.807, 2.05) is 19.1 Å². The molecule has 2 aliphatic rings. The number of hydrogen-bond donors (Lipinski definition) is 1. The fourth-order valence-corrected chi connectivity index (χ4v) is 4.88. The van der Waals surface area contributed by atoms with Crippen molar-refractivity contribution in [1.29, 1.82) is 0 Å². The number of fused-ring (bicyclic) bond motifs is 1. The van der Waals surface area contributed by atoms with Gasteiger partial charge in [0, 0.05) is 23.7 Å². The average molecular weight is 360 g/mol. The number of hydrogen-bond acceptors (Lipinski definition) is 2. The molecule has 1 saturated carbocycles. The van der Waals surface area contributed by atoms with Gasteiger partial charge in [-0.1, -0.05) is 37.8 Å². The number of carbonyl (C=O) groups is 1. The fraction of sp³-hybridized carbons (Fsp3) is 0.400. The minimum Gasteiger partial charge on any atom is -0.382 e. The van der Waals surface area contributed by atoms with Crippen LogP contribution in [0.2, 0.25) is 0 Å². The third-order valence-corrected chi connectivity index (χ3v) is 6.51. The lowest BCUT2D eigenvalue weighted by Crippen LogP contribution is -2.33. The Balaban J connectivity index is 1.37. The van der Waals surface area contributed by atoms with E-state index in [9.17, 15) is 4.79 Å². The molecule has 2 heteroatoms. The molecule has 2 aliphatic carbocycles. The van der Waals surface area contributed by atoms with E-state index >= 15 is 0 Å². The van der Waals surface area contributed by atoms with Crippen molar-refractivity contribution in [3.05, 3.63) is 71.8 Å². The number of nitrogens with one attached hydrogen (secondary N) is 1. The smallest absolute Gasteiger partial charge is 0.162 e. The summed E-state index contributed by atoms with van der Waals surface area (Å²) >= 11 is 0. The molecule has 2 aromatic carbocycles. The Kier molecular flexibility index (Phi) is 4.90. The van der Waals surface area contributed by atoms with Gasteiger partial charge in [-0.2, -0.15) is 0 Å². The molecule has 1 N–H and O–H groups in total. The van der Waals surface area contributed by atoms with Crippen LogP contribution in [0.1, 0.15) is 66.9 Å². The molecule has 0 aromatic heterocycles. The maximum absolute atomic E-state index is 12.0. The van der Waals surface area contributed by atoms with Gasteiger partial charge in [0.1, 0.15) is 0 Å². The molecule has 1 spiro atoms. The lowest BCUT2D eigenvalue weighted by Gasteiger charge is -2.39. The van der Waals surface area contributed by atoms with Gasteiger partial charge in [-0.05, 0) is 84.9 Å². The highest BCUT2D eigenvalue weighted by molar-refractivity contribution is 5.96. The molecule has 0 atom stereocenters. The maximum atomic E-state index is 12.0. The molecule has 0 saturated heterocycles. The van der Waals surface area contributed by atoms with Crippen LogP contribution in [0, 0.1) is 5.41 Å². The Morgan fingerprint density at radius 2 is 1.81 bits per heavy atom. The van der Waals surface area contributed by atoms with Gasteiger partial charge in [0.2, 0.25) is 0 Å². The lowest BCUT2D eigenvalue weighted by molar-refractivity contribution is 0.0982. The zero-order chi connectivity index (χ0) is 18.9. The number of rotatable bonds is 5. The van der Waals surface area contributed by atoms with E-state index in [1.165, 1.54) is 42.4 Å². The molecule has 140 valence electrons. The average Bonchev–Trinajstić information content (AvgIpc) is 2.96. The van der Waals surface area contributed by atoms with Crippen LogP contribution in [0.15, 0.2) is 55.1 Å². The quantitative estimate of drug-likeness (QED) is 0.637. The van der Waals surface area contributed by atoms with Crippen LogP contribution in [0.5, 0.6) is 0 Å². The minimum atomic E-state index is 0.239. The summed E-state index contributed by atoms with van der Waals surface area (Å²) in [4.78, 5) is 12.0. The Morgan fingerprint density at radius 3 is 2.48 bits per heavy atom. The summed E-state index contributed by atoms with van der Waals surface area (Å²) < 4.78 is 0. The SMILES string of the molecule is C=C1c2ccccc2CC12CCC(Nc1ccc(C(=O)CCC)cc1)CC2. The zero-order valence-electron chi connectivity index (χ0n) is 16.3. The number of Topliss-reactive ketones (excluding diaryl/α,β-unsaturated/α-hetero) is 1. The molecule has 0 unspecified atom stereocenters. The van der Waals surface area contributed by atoms with Crippen LogP contribution in [0.3, 0.4) is 0 Å². The second kappa shape index (κ2) is 7.34. The van der Waals surface area contributed by atoms with Crippen LogP contribution >= 0.6 is 0 Å². The molecule has 0 radical (unpaired) electrons. The highest BCUT2D eigenvalue weighted by Crippen LogP contribution is 2.54. The molecule has 0 heterocycles. The largest absolute Gasteiger partial charge is 0.382 e. The van der Waals surface area contributed by atoms with E-state index in [1.54, 1.807) is 0 Å². The van der Waals surface area contributed by atoms with E-state index in [0.29, 0.717) is 12.5 Å². The van der Waals surface area contributed by atoms with E-state index < -0.39 is 0 Å². The van der Waals surface area contributed by atoms with Crippen LogP contribution in [0.25, 0.3) is 5.57 Å². The zero-order valence-corrected chi connectivity index (χ0v) is 16.3. The van der Waals surface area contributed by atoms with Gasteiger partial charge >= 0.3 is 0 Å². The monoisotopic (exact) mass is 359 g/mol. The summed E-state index contributed by atoms with van der Waals surface area (Å²) in [6, 6.07) is 17.3. The standard InChI is InChI=1S/C25H29NO/c1-3-6-24(27)19-9-11-21(12-10-19)26-22-13-15-25(16-14-22)17-20-7-4-5-8-23(20)18(25)2/h4-5,7-12,22,26H,2-3,6,13-17H2,1H3. The van der Waals surface area contributed by atoms with Crippen LogP contribution < -0.4 is 5.32 Å². The first-order valence-electron chi connectivity index (χ1n) is 10.3. The van der Waals surface area contributed by atoms with Gasteiger partial charge in [-0.3, -0.25) is 4.79 Å². The van der Waals surface area contributed by atoms with Crippen molar-refractivity contribution in [3.63, 3.8) is 0 Å². The van der Waals surface area contributed by atoms with Crippen molar-refractivity contribution in [2.45, 2.75) is 57.9 Å². The van der Waals surface area contributed by atoms with Gasteiger partial charge in [-0.25, -0.2) is 0 Å². The number of benzene rings is 2. The molecular formula is C25H29NO. The van der Waals surface area contributed by atoms with Crippen molar-refractivity contribution in [3.8, 4) is 0 Å². The summed E-state index contributed by atoms with van der Waals surface area (Å²) in [7, 11) is 0. The van der Waals surface area contributed by atoms with Crippen molar-refractivity contribution >= 4 is 17.0 Å². The summed E-state index contributed by atoms with van der Waals surface area (Å²) in [5, 5.41) is 3.68. The Labute approximate surface area is 162 Å². The normalized spacial score (nSPS) is 24.0. The van der Waals surface area contributed by atoms with Crippen molar-refractivity contribution in [2.75, 3.05) is 5.32 Å². The Bertz CT molecular complexity index is 841. The van der Waals surface area contributed by atoms with Crippen molar-refractivity contribution in [1.82, 2.24) is 0 Å². The Morgan fingerprint density at radius 1 is 1.11 bits per heavy atom. The molecule has 4 rings (SSSR count). The third-order valence-electron chi connectivity index (χ3n) is 6.51. The summed E-state index contributed by atoms with van der Waals surface area (Å²) in [5.74, 6) is 0.239. The summed E-state index contributed by atoms with van der Waals surface area (Å²) in [5.41, 5.74) is 6.44. The highest BCUT2D eigenvalue weighted by Gasteiger charge is 2.42. The first-order valence-corrected chi connectivity index (χ1v) is 10.3. The number of carbonyl (C=O) groups excluding carboxylic acids is 1. The second-order valence-corrected chi connectivity index (χ2v) is 8.26. The van der Waals surface area contributed by atoms with E-state index in [4.69, 9.17) is 0 Å². The topological polar surface area (TPSA) is 29.1 Å². The molecule has 27 heavy (non-hydrogen) atoms. The van der Waals surface area contributed by atoms with Crippen molar-refractivity contribution in [2.24, 2.45) is 5.41 Å². The van der Waals surface area contributed by atoms with Crippen molar-refractivity contribution < 1.29 is 4.79 Å².